The molecule has 5 rings (SSSR count). The Balaban J connectivity index is 1.40. The van der Waals surface area contributed by atoms with E-state index in [2.05, 4.69) is 25.1 Å². The number of hydrogen-bond acceptors (Lipinski definition) is 7. The van der Waals surface area contributed by atoms with Crippen LogP contribution in [0, 0.1) is 24.1 Å². The third-order valence-electron chi connectivity index (χ3n) is 5.15. The van der Waals surface area contributed by atoms with E-state index < -0.39 is 5.82 Å². The summed E-state index contributed by atoms with van der Waals surface area (Å²) in [4.78, 5) is 12.0. The predicted molar refractivity (Wildman–Crippen MR) is 130 cm³/mol. The van der Waals surface area contributed by atoms with Crippen molar-refractivity contribution in [2.45, 2.75) is 13.3 Å². The quantitative estimate of drug-likeness (QED) is 0.270. The van der Waals surface area contributed by atoms with Crippen LogP contribution in [0.25, 0.3) is 23.1 Å². The summed E-state index contributed by atoms with van der Waals surface area (Å²) in [5, 5.41) is 17.6. The van der Waals surface area contributed by atoms with E-state index in [0.717, 1.165) is 5.69 Å². The van der Waals surface area contributed by atoms with Crippen molar-refractivity contribution < 1.29 is 13.5 Å². The summed E-state index contributed by atoms with van der Waals surface area (Å²) in [5.41, 5.74) is 2.36. The maximum atomic E-state index is 15.4. The SMILES string of the molecule is Cc1[nH]c(-c2ccccn2)nc1-c1nnc(Cc2ccc(Cl)c(Oc3cc(Cl)cc(C#N)c3)c2F)o1. The summed E-state index contributed by atoms with van der Waals surface area (Å²) in [5.74, 6) is 0.198. The summed E-state index contributed by atoms with van der Waals surface area (Å²) in [7, 11) is 0. The van der Waals surface area contributed by atoms with Crippen LogP contribution in [-0.4, -0.2) is 25.1 Å². The summed E-state index contributed by atoms with van der Waals surface area (Å²) in [6.07, 6.45) is 1.66. The van der Waals surface area contributed by atoms with E-state index in [0.29, 0.717) is 17.2 Å². The molecule has 8 nitrogen and oxygen atoms in total. The Hall–Kier alpha value is -4.26. The van der Waals surface area contributed by atoms with Gasteiger partial charge in [0, 0.05) is 22.5 Å². The highest BCUT2D eigenvalue weighted by Gasteiger charge is 2.20. The van der Waals surface area contributed by atoms with Crippen LogP contribution >= 0.6 is 23.2 Å². The molecular formula is C25H15Cl2FN6O2. The van der Waals surface area contributed by atoms with E-state index in [4.69, 9.17) is 37.6 Å². The minimum absolute atomic E-state index is 0.0120. The lowest BCUT2D eigenvalue weighted by Gasteiger charge is -2.11. The van der Waals surface area contributed by atoms with E-state index in [1.165, 1.54) is 30.3 Å². The second-order valence-electron chi connectivity index (χ2n) is 7.69. The average molecular weight is 521 g/mol. The third-order valence-corrected chi connectivity index (χ3v) is 5.67. The van der Waals surface area contributed by atoms with Crippen molar-refractivity contribution in [2.24, 2.45) is 0 Å². The fraction of sp³-hybridized carbons (Fsp3) is 0.0800. The number of halogens is 3. The minimum Gasteiger partial charge on any atom is -0.453 e. The number of hydrogen-bond donors (Lipinski definition) is 1. The smallest absolute Gasteiger partial charge is 0.268 e. The molecule has 36 heavy (non-hydrogen) atoms. The first-order chi connectivity index (χ1) is 17.4. The Morgan fingerprint density at radius 1 is 1.14 bits per heavy atom. The fourth-order valence-corrected chi connectivity index (χ4v) is 3.89. The molecule has 2 aromatic carbocycles. The molecule has 0 bridgehead atoms. The second-order valence-corrected chi connectivity index (χ2v) is 8.53. The summed E-state index contributed by atoms with van der Waals surface area (Å²) < 4.78 is 26.8. The first-order valence-corrected chi connectivity index (χ1v) is 11.3. The van der Waals surface area contributed by atoms with Crippen molar-refractivity contribution in [3.63, 3.8) is 0 Å². The minimum atomic E-state index is -0.700. The lowest BCUT2D eigenvalue weighted by Crippen LogP contribution is -1.98. The van der Waals surface area contributed by atoms with Crippen LogP contribution in [0.2, 0.25) is 10.0 Å². The zero-order valence-electron chi connectivity index (χ0n) is 18.6. The number of ether oxygens (including phenoxy) is 1. The predicted octanol–water partition coefficient (Wildman–Crippen LogP) is 6.53. The molecule has 0 unspecified atom stereocenters. The number of H-pyrrole nitrogens is 1. The van der Waals surface area contributed by atoms with Gasteiger partial charge in [-0.3, -0.25) is 4.98 Å². The largest absolute Gasteiger partial charge is 0.453 e. The van der Waals surface area contributed by atoms with Crippen LogP contribution in [0.5, 0.6) is 11.5 Å². The Kier molecular flexibility index (Phi) is 6.38. The molecule has 0 aliphatic carbocycles. The van der Waals surface area contributed by atoms with Gasteiger partial charge in [-0.15, -0.1) is 10.2 Å². The number of nitriles is 1. The van der Waals surface area contributed by atoms with Gasteiger partial charge in [-0.05, 0) is 43.3 Å². The molecule has 11 heteroatoms. The molecule has 5 aromatic rings. The molecule has 0 amide bonds. The van der Waals surface area contributed by atoms with Gasteiger partial charge in [-0.2, -0.15) is 5.26 Å². The third kappa shape index (κ3) is 4.77. The lowest BCUT2D eigenvalue weighted by atomic mass is 10.1. The van der Waals surface area contributed by atoms with Gasteiger partial charge in [0.05, 0.1) is 23.1 Å². The van der Waals surface area contributed by atoms with E-state index in [9.17, 15) is 0 Å². The number of imidazole rings is 1. The van der Waals surface area contributed by atoms with Crippen LogP contribution in [0.3, 0.4) is 0 Å². The Morgan fingerprint density at radius 3 is 2.78 bits per heavy atom. The van der Waals surface area contributed by atoms with Gasteiger partial charge >= 0.3 is 0 Å². The van der Waals surface area contributed by atoms with Crippen LogP contribution < -0.4 is 4.74 Å². The highest BCUT2D eigenvalue weighted by molar-refractivity contribution is 6.32. The number of pyridine rings is 1. The lowest BCUT2D eigenvalue weighted by molar-refractivity contribution is 0.437. The normalized spacial score (nSPS) is 10.9. The topological polar surface area (TPSA) is 114 Å². The van der Waals surface area contributed by atoms with Crippen molar-refractivity contribution in [1.82, 2.24) is 25.1 Å². The highest BCUT2D eigenvalue weighted by Crippen LogP contribution is 2.36. The molecule has 0 aliphatic heterocycles. The number of rotatable bonds is 6. The van der Waals surface area contributed by atoms with Crippen molar-refractivity contribution in [3.8, 4) is 40.7 Å². The standard InChI is InChI=1S/C25H15Cl2FN6O2/c1-13-22(32-24(31-13)19-4-2-3-7-30-19)25-34-33-20(36-25)10-15-5-6-18(27)23(21(15)28)35-17-9-14(12-29)8-16(26)11-17/h2-9,11H,10H2,1H3,(H,31,32). The summed E-state index contributed by atoms with van der Waals surface area (Å²) >= 11 is 12.2. The molecule has 3 heterocycles. The van der Waals surface area contributed by atoms with Gasteiger partial charge in [0.2, 0.25) is 5.89 Å². The second kappa shape index (κ2) is 9.77. The molecular weight excluding hydrogens is 506 g/mol. The first kappa shape index (κ1) is 23.5. The fourth-order valence-electron chi connectivity index (χ4n) is 3.48. The number of aromatic amines is 1. The van der Waals surface area contributed by atoms with Crippen LogP contribution in [-0.2, 0) is 6.42 Å². The van der Waals surface area contributed by atoms with Gasteiger partial charge in [0.15, 0.2) is 17.4 Å². The van der Waals surface area contributed by atoms with Crippen molar-refractivity contribution in [2.75, 3.05) is 0 Å². The van der Waals surface area contributed by atoms with E-state index in [1.54, 1.807) is 6.20 Å². The summed E-state index contributed by atoms with van der Waals surface area (Å²) in [6, 6.07) is 14.8. The van der Waals surface area contributed by atoms with E-state index in [1.807, 2.05) is 31.2 Å². The van der Waals surface area contributed by atoms with Crippen LogP contribution in [0.4, 0.5) is 4.39 Å². The van der Waals surface area contributed by atoms with Crippen molar-refractivity contribution >= 4 is 23.2 Å². The number of aryl methyl sites for hydroxylation is 1. The van der Waals surface area contributed by atoms with Gasteiger partial charge in [0.1, 0.15) is 17.1 Å². The molecule has 0 spiro atoms. The Morgan fingerprint density at radius 2 is 2.00 bits per heavy atom. The molecule has 0 atom stereocenters. The number of nitrogens with zero attached hydrogens (tertiary/aromatic N) is 5. The van der Waals surface area contributed by atoms with Gasteiger partial charge in [-0.1, -0.05) is 35.3 Å². The van der Waals surface area contributed by atoms with E-state index in [-0.39, 0.29) is 50.9 Å². The molecule has 0 saturated heterocycles. The summed E-state index contributed by atoms with van der Waals surface area (Å²) in [6.45, 7) is 1.83. The maximum Gasteiger partial charge on any atom is 0.268 e. The van der Waals surface area contributed by atoms with Crippen molar-refractivity contribution in [3.05, 3.63) is 93.3 Å². The van der Waals surface area contributed by atoms with Gasteiger partial charge < -0.3 is 14.1 Å². The van der Waals surface area contributed by atoms with Crippen LogP contribution in [0.15, 0.2) is 59.1 Å². The highest BCUT2D eigenvalue weighted by atomic mass is 35.5. The van der Waals surface area contributed by atoms with Gasteiger partial charge in [0.25, 0.3) is 5.89 Å². The van der Waals surface area contributed by atoms with Gasteiger partial charge in [-0.25, -0.2) is 9.37 Å². The van der Waals surface area contributed by atoms with E-state index >= 15 is 4.39 Å². The molecule has 0 radical (unpaired) electrons. The van der Waals surface area contributed by atoms with Crippen molar-refractivity contribution in [1.29, 1.82) is 5.26 Å². The molecule has 0 aliphatic rings. The Bertz CT molecular complexity index is 1610. The first-order valence-electron chi connectivity index (χ1n) is 10.6. The average Bonchev–Trinajstić information content (AvgIpc) is 3.50. The number of benzene rings is 2. The molecule has 1 N–H and O–H groups in total. The number of nitrogens with one attached hydrogen (secondary N) is 1. The monoisotopic (exact) mass is 520 g/mol. The zero-order valence-corrected chi connectivity index (χ0v) is 20.1. The molecule has 0 saturated carbocycles. The molecule has 178 valence electrons. The Labute approximate surface area is 214 Å². The maximum absolute atomic E-state index is 15.4. The molecule has 0 fully saturated rings. The zero-order chi connectivity index (χ0) is 25.2. The van der Waals surface area contributed by atoms with Crippen LogP contribution in [0.1, 0.15) is 22.7 Å². The number of aromatic nitrogens is 5. The molecule has 3 aromatic heterocycles.